The lowest BCUT2D eigenvalue weighted by Crippen LogP contribution is -2.27. The van der Waals surface area contributed by atoms with Crippen LogP contribution in [0.1, 0.15) is 25.0 Å². The molecule has 2 atom stereocenters. The molecule has 2 unspecified atom stereocenters. The van der Waals surface area contributed by atoms with Crippen molar-refractivity contribution in [3.05, 3.63) is 52.5 Å². The predicted octanol–water partition coefficient (Wildman–Crippen LogP) is 5.02. The molecule has 6 nitrogen and oxygen atoms in total. The average molecular weight is 492 g/mol. The van der Waals surface area contributed by atoms with Gasteiger partial charge in [0.05, 0.1) is 34.2 Å². The van der Waals surface area contributed by atoms with Crippen LogP contribution in [0, 0.1) is 0 Å². The second kappa shape index (κ2) is 10.2. The van der Waals surface area contributed by atoms with Gasteiger partial charge in [0, 0.05) is 12.2 Å². The first kappa shape index (κ1) is 24.5. The topological polar surface area (TPSA) is 71.1 Å². The number of hydrogen-bond donors (Lipinski definition) is 0. The molecular weight excluding hydrogens is 471 g/mol. The van der Waals surface area contributed by atoms with Crippen LogP contribution in [0.25, 0.3) is 0 Å². The van der Waals surface area contributed by atoms with E-state index in [0.717, 1.165) is 12.1 Å². The average Bonchev–Trinajstić information content (AvgIpc) is 3.05. The van der Waals surface area contributed by atoms with Crippen molar-refractivity contribution in [1.29, 1.82) is 0 Å². The molecule has 0 saturated carbocycles. The second-order valence-corrected chi connectivity index (χ2v) is 8.54. The zero-order valence-corrected chi connectivity index (χ0v) is 18.9. The Morgan fingerprint density at radius 1 is 1.22 bits per heavy atom. The second-order valence-electron chi connectivity index (χ2n) is 6.84. The standard InChI is InChI=1S/C21H21ClF3NO5S/c1-3-29-8-9-30-20(27)13(2)31-16-5-7-18-14(10-16)12-32(28)26(18)19-6-4-15(11-17(19)22)21(23,24)25/h4-7,10-11,13H,3,8-9,12H2,1-2H3. The zero-order chi connectivity index (χ0) is 23.5. The summed E-state index contributed by atoms with van der Waals surface area (Å²) in [7, 11) is 0. The molecule has 0 spiro atoms. The van der Waals surface area contributed by atoms with Crippen LogP contribution < -0.4 is 9.04 Å². The van der Waals surface area contributed by atoms with Crippen LogP contribution in [0.3, 0.4) is 0 Å². The number of carbonyl (C=O) groups is 1. The van der Waals surface area contributed by atoms with Gasteiger partial charge in [0.2, 0.25) is 0 Å². The highest BCUT2D eigenvalue weighted by Gasteiger charge is 2.37. The molecule has 0 bridgehead atoms. The molecule has 2 aromatic carbocycles. The van der Waals surface area contributed by atoms with Gasteiger partial charge in [0.15, 0.2) is 11.9 Å². The van der Waals surface area contributed by atoms with E-state index in [9.17, 15) is 22.5 Å². The summed E-state index contributed by atoms with van der Waals surface area (Å²) in [4.78, 5) is 12.0. The maximum absolute atomic E-state index is 12.9. The van der Waals surface area contributed by atoms with E-state index in [2.05, 4.69) is 0 Å². The van der Waals surface area contributed by atoms with E-state index in [1.54, 1.807) is 25.1 Å². The molecule has 0 amide bonds. The monoisotopic (exact) mass is 491 g/mol. The van der Waals surface area contributed by atoms with E-state index in [1.165, 1.54) is 10.4 Å². The van der Waals surface area contributed by atoms with Crippen LogP contribution in [0.5, 0.6) is 5.75 Å². The molecule has 174 valence electrons. The molecule has 2 aromatic rings. The Kier molecular flexibility index (Phi) is 7.81. The van der Waals surface area contributed by atoms with Crippen molar-refractivity contribution >= 4 is 40.3 Å². The summed E-state index contributed by atoms with van der Waals surface area (Å²) in [5.41, 5.74) is 0.497. The van der Waals surface area contributed by atoms with Gasteiger partial charge in [0.25, 0.3) is 0 Å². The number of rotatable bonds is 8. The van der Waals surface area contributed by atoms with Crippen LogP contribution >= 0.6 is 11.6 Å². The van der Waals surface area contributed by atoms with Gasteiger partial charge in [-0.05, 0) is 50.2 Å². The van der Waals surface area contributed by atoms with E-state index < -0.39 is 35.2 Å². The normalized spacial score (nSPS) is 16.6. The quantitative estimate of drug-likeness (QED) is 0.293. The summed E-state index contributed by atoms with van der Waals surface area (Å²) in [5, 5.41) is -0.162. The first-order chi connectivity index (χ1) is 15.1. The predicted molar refractivity (Wildman–Crippen MR) is 114 cm³/mol. The number of fused-ring (bicyclic) bond motifs is 1. The lowest BCUT2D eigenvalue weighted by Gasteiger charge is -2.21. The van der Waals surface area contributed by atoms with Gasteiger partial charge in [-0.25, -0.2) is 4.79 Å². The Balaban J connectivity index is 1.73. The Morgan fingerprint density at radius 3 is 2.59 bits per heavy atom. The highest BCUT2D eigenvalue weighted by atomic mass is 35.5. The molecule has 1 aliphatic rings. The number of ether oxygens (including phenoxy) is 3. The minimum Gasteiger partial charge on any atom is -0.592 e. The van der Waals surface area contributed by atoms with Gasteiger partial charge in [-0.1, -0.05) is 11.6 Å². The third kappa shape index (κ3) is 5.61. The van der Waals surface area contributed by atoms with Gasteiger partial charge in [-0.3, -0.25) is 0 Å². The Hall–Kier alpha value is -2.14. The van der Waals surface area contributed by atoms with Gasteiger partial charge in [0.1, 0.15) is 18.0 Å². The smallest absolute Gasteiger partial charge is 0.416 e. The molecule has 0 aromatic heterocycles. The van der Waals surface area contributed by atoms with E-state index in [-0.39, 0.29) is 23.1 Å². The van der Waals surface area contributed by atoms with Gasteiger partial charge < -0.3 is 18.8 Å². The van der Waals surface area contributed by atoms with Crippen LogP contribution in [0.2, 0.25) is 5.02 Å². The first-order valence-corrected chi connectivity index (χ1v) is 11.4. The van der Waals surface area contributed by atoms with Gasteiger partial charge in [-0.2, -0.15) is 17.5 Å². The number of hydrogen-bond acceptors (Lipinski definition) is 6. The molecule has 11 heteroatoms. The summed E-state index contributed by atoms with van der Waals surface area (Å²) >= 11 is 4.51. The number of benzene rings is 2. The van der Waals surface area contributed by atoms with Gasteiger partial charge in [-0.15, -0.1) is 0 Å². The van der Waals surface area contributed by atoms with Crippen LogP contribution in [0.4, 0.5) is 24.5 Å². The molecule has 0 saturated heterocycles. The number of nitrogens with zero attached hydrogens (tertiary/aromatic N) is 1. The Bertz CT molecular complexity index is 975. The molecule has 0 fully saturated rings. The van der Waals surface area contributed by atoms with E-state index in [4.69, 9.17) is 25.8 Å². The first-order valence-electron chi connectivity index (χ1n) is 9.71. The molecule has 0 radical (unpaired) electrons. The van der Waals surface area contributed by atoms with Crippen LogP contribution in [-0.4, -0.2) is 36.4 Å². The Morgan fingerprint density at radius 2 is 1.94 bits per heavy atom. The number of halogens is 4. The van der Waals surface area contributed by atoms with Crippen molar-refractivity contribution in [1.82, 2.24) is 0 Å². The summed E-state index contributed by atoms with van der Waals surface area (Å²) in [6, 6.07) is 7.74. The minimum atomic E-state index is -4.53. The maximum Gasteiger partial charge on any atom is 0.416 e. The van der Waals surface area contributed by atoms with E-state index in [0.29, 0.717) is 30.2 Å². The fourth-order valence-corrected chi connectivity index (χ4v) is 4.78. The molecule has 1 heterocycles. The molecule has 1 aliphatic heterocycles. The van der Waals surface area contributed by atoms with Crippen molar-refractivity contribution in [2.75, 3.05) is 24.1 Å². The summed E-state index contributed by atoms with van der Waals surface area (Å²) in [6.45, 7) is 4.31. The fourth-order valence-electron chi connectivity index (χ4n) is 3.06. The number of anilines is 2. The molecule has 3 rings (SSSR count). The van der Waals surface area contributed by atoms with Crippen molar-refractivity contribution in [3.8, 4) is 5.75 Å². The fraction of sp³-hybridized carbons (Fsp3) is 0.381. The summed E-state index contributed by atoms with van der Waals surface area (Å²) < 4.78 is 68.6. The summed E-state index contributed by atoms with van der Waals surface area (Å²) in [5.74, 6) is -0.0563. The summed E-state index contributed by atoms with van der Waals surface area (Å²) in [6.07, 6.45) is -5.40. The number of carbonyl (C=O) groups excluding carboxylic acids is 1. The third-order valence-corrected chi connectivity index (χ3v) is 6.23. The number of alkyl halides is 3. The van der Waals surface area contributed by atoms with Crippen molar-refractivity contribution in [3.63, 3.8) is 0 Å². The largest absolute Gasteiger partial charge is 0.592 e. The van der Waals surface area contributed by atoms with Gasteiger partial charge >= 0.3 is 12.1 Å². The van der Waals surface area contributed by atoms with Crippen LogP contribution in [0.15, 0.2) is 36.4 Å². The van der Waals surface area contributed by atoms with Crippen molar-refractivity contribution < 1.29 is 36.7 Å². The lowest BCUT2D eigenvalue weighted by atomic mass is 10.1. The number of esters is 1. The van der Waals surface area contributed by atoms with Crippen molar-refractivity contribution in [2.24, 2.45) is 0 Å². The van der Waals surface area contributed by atoms with E-state index in [1.807, 2.05) is 6.92 Å². The molecular formula is C21H21ClF3NO5S. The SMILES string of the molecule is CCOCCOC(=O)C(C)Oc1ccc2c(c1)C[S+]([O-])N2c1ccc(C(F)(F)F)cc1Cl. The highest BCUT2D eigenvalue weighted by molar-refractivity contribution is 7.92. The minimum absolute atomic E-state index is 0.117. The maximum atomic E-state index is 12.9. The molecule has 0 N–H and O–H groups in total. The van der Waals surface area contributed by atoms with Crippen molar-refractivity contribution in [2.45, 2.75) is 31.9 Å². The lowest BCUT2D eigenvalue weighted by molar-refractivity contribution is -0.152. The zero-order valence-electron chi connectivity index (χ0n) is 17.3. The Labute approximate surface area is 191 Å². The highest BCUT2D eigenvalue weighted by Crippen LogP contribution is 2.45. The molecule has 0 aliphatic carbocycles. The van der Waals surface area contributed by atoms with Crippen LogP contribution in [-0.2, 0) is 37.6 Å². The molecule has 32 heavy (non-hydrogen) atoms. The van der Waals surface area contributed by atoms with E-state index >= 15 is 0 Å². The third-order valence-electron chi connectivity index (χ3n) is 4.57.